The average molecular weight is 153 g/mol. The summed E-state index contributed by atoms with van der Waals surface area (Å²) < 4.78 is 4.96. The second-order valence-electron chi connectivity index (χ2n) is 1.17. The predicted octanol–water partition coefficient (Wildman–Crippen LogP) is -0.0713. The normalized spacial score (nSPS) is 13.9. The van der Waals surface area contributed by atoms with Gasteiger partial charge in [-0.1, -0.05) is 6.08 Å². The minimum absolute atomic E-state index is 0.769. The van der Waals surface area contributed by atoms with Crippen LogP contribution in [0.5, 0.6) is 0 Å². The Hall–Kier alpha value is 0.424. The molecule has 4 heteroatoms. The lowest BCUT2D eigenvalue weighted by Gasteiger charge is -1.97. The molecule has 0 aliphatic rings. The van der Waals surface area contributed by atoms with E-state index < -0.39 is 8.35 Å². The zero-order valence-electron chi connectivity index (χ0n) is 4.36. The summed E-state index contributed by atoms with van der Waals surface area (Å²) in [5, 5.41) is 0. The van der Waals surface area contributed by atoms with E-state index in [4.69, 9.17) is 15.2 Å². The molecule has 0 aliphatic heterocycles. The van der Waals surface area contributed by atoms with Gasteiger partial charge in [0.05, 0.1) is 0 Å². The average Bonchev–Trinajstić information content (AvgIpc) is 1.68. The van der Waals surface area contributed by atoms with Crippen molar-refractivity contribution >= 4 is 29.9 Å². The van der Waals surface area contributed by atoms with E-state index in [0.29, 0.717) is 0 Å². The molecule has 0 aromatic rings. The Morgan fingerprint density at radius 2 is 2.57 bits per heavy atom. The fraction of sp³-hybridized carbons (Fsp3) is 0.333. The minimum Gasteiger partial charge on any atom is -0.455 e. The summed E-state index contributed by atoms with van der Waals surface area (Å²) in [4.78, 5) is 0. The van der Waals surface area contributed by atoms with E-state index in [2.05, 4.69) is 6.58 Å². The Kier molecular flexibility index (Phi) is 4.86. The number of hydrogen-bond acceptors (Lipinski definition) is 1. The molecule has 0 rings (SSSR count). The smallest absolute Gasteiger partial charge is 0.267 e. The highest BCUT2D eigenvalue weighted by atomic mass is 35.6. The summed E-state index contributed by atoms with van der Waals surface area (Å²) in [6.45, 7) is 3.53. The van der Waals surface area contributed by atoms with Crippen LogP contribution in [0.2, 0.25) is 6.04 Å². The van der Waals surface area contributed by atoms with Crippen LogP contribution in [0, 0.1) is 0 Å². The Bertz CT molecular complexity index is 58.9. The molecule has 7 heavy (non-hydrogen) atoms. The predicted molar refractivity (Wildman–Crippen MR) is 39.0 cm³/mol. The van der Waals surface area contributed by atoms with Crippen molar-refractivity contribution in [3.05, 3.63) is 12.7 Å². The molecule has 0 radical (unpaired) electrons. The minimum atomic E-state index is -1.27. The molecule has 42 valence electrons. The summed E-state index contributed by atoms with van der Waals surface area (Å²) >= 11 is 5.65. The first-order valence-electron chi connectivity index (χ1n) is 2.09. The molecule has 0 aliphatic carbocycles. The Balaban J connectivity index is 2.98. The van der Waals surface area contributed by atoms with Gasteiger partial charge < -0.3 is 4.12 Å². The van der Waals surface area contributed by atoms with Crippen LogP contribution in [0.4, 0.5) is 0 Å². The van der Waals surface area contributed by atoms with Crippen LogP contribution in [0.25, 0.3) is 0 Å². The van der Waals surface area contributed by atoms with Crippen molar-refractivity contribution in [1.29, 1.82) is 0 Å². The standard InChI is InChI=1S/C3H9ClOSi2/c1-2-3-7(4)5-6/h2,7H,1,3H2,6H3. The van der Waals surface area contributed by atoms with Crippen molar-refractivity contribution in [2.45, 2.75) is 6.04 Å². The number of hydrogen-bond donors (Lipinski definition) is 0. The van der Waals surface area contributed by atoms with E-state index in [0.717, 1.165) is 16.5 Å². The highest BCUT2D eigenvalue weighted by Gasteiger charge is 1.97. The van der Waals surface area contributed by atoms with Crippen molar-refractivity contribution in [2.75, 3.05) is 0 Å². The monoisotopic (exact) mass is 152 g/mol. The summed E-state index contributed by atoms with van der Waals surface area (Å²) in [6, 6.07) is 0.880. The van der Waals surface area contributed by atoms with Crippen molar-refractivity contribution in [2.24, 2.45) is 0 Å². The number of rotatable bonds is 3. The summed E-state index contributed by atoms with van der Waals surface area (Å²) in [6.07, 6.45) is 1.81. The van der Waals surface area contributed by atoms with E-state index in [1.165, 1.54) is 0 Å². The Morgan fingerprint density at radius 3 is 2.71 bits per heavy atom. The molecule has 0 amide bonds. The molecule has 0 heterocycles. The van der Waals surface area contributed by atoms with Gasteiger partial charge in [0.25, 0.3) is 8.35 Å². The van der Waals surface area contributed by atoms with Crippen LogP contribution in [-0.2, 0) is 4.12 Å². The summed E-state index contributed by atoms with van der Waals surface area (Å²) in [5.74, 6) is 0. The Morgan fingerprint density at radius 1 is 2.00 bits per heavy atom. The van der Waals surface area contributed by atoms with Crippen LogP contribution in [0.1, 0.15) is 0 Å². The lowest BCUT2D eigenvalue weighted by atomic mass is 10.8. The first-order chi connectivity index (χ1) is 3.31. The molecule has 0 aromatic heterocycles. The molecule has 0 fully saturated rings. The third-order valence-electron chi connectivity index (χ3n) is 0.608. The van der Waals surface area contributed by atoms with Gasteiger partial charge in [-0.25, -0.2) is 0 Å². The van der Waals surface area contributed by atoms with Crippen LogP contribution in [0.15, 0.2) is 12.7 Å². The molecule has 0 aromatic carbocycles. The van der Waals surface area contributed by atoms with Gasteiger partial charge >= 0.3 is 0 Å². The molecule has 0 saturated carbocycles. The van der Waals surface area contributed by atoms with E-state index in [-0.39, 0.29) is 0 Å². The lowest BCUT2D eigenvalue weighted by Crippen LogP contribution is -2.04. The van der Waals surface area contributed by atoms with E-state index >= 15 is 0 Å². The first kappa shape index (κ1) is 7.42. The van der Waals surface area contributed by atoms with E-state index in [1.807, 2.05) is 6.08 Å². The van der Waals surface area contributed by atoms with Crippen LogP contribution in [0.3, 0.4) is 0 Å². The molecule has 1 atom stereocenters. The third-order valence-corrected chi connectivity index (χ3v) is 5.50. The zero-order valence-corrected chi connectivity index (χ0v) is 8.27. The fourth-order valence-electron chi connectivity index (χ4n) is 0.227. The van der Waals surface area contributed by atoms with Gasteiger partial charge in [0.2, 0.25) is 0 Å². The van der Waals surface area contributed by atoms with Crippen LogP contribution < -0.4 is 0 Å². The van der Waals surface area contributed by atoms with Gasteiger partial charge in [0, 0.05) is 0 Å². The summed E-state index contributed by atoms with van der Waals surface area (Å²) in [7, 11) is -0.496. The van der Waals surface area contributed by atoms with Gasteiger partial charge in [-0.3, -0.25) is 0 Å². The fourth-order valence-corrected chi connectivity index (χ4v) is 1.64. The molecule has 0 bridgehead atoms. The number of halogens is 1. The van der Waals surface area contributed by atoms with Crippen molar-refractivity contribution < 1.29 is 4.12 Å². The van der Waals surface area contributed by atoms with Crippen molar-refractivity contribution in [3.8, 4) is 0 Å². The molecule has 1 unspecified atom stereocenters. The van der Waals surface area contributed by atoms with E-state index in [1.54, 1.807) is 0 Å². The van der Waals surface area contributed by atoms with Crippen LogP contribution in [-0.4, -0.2) is 18.8 Å². The second-order valence-corrected chi connectivity index (χ2v) is 5.81. The second kappa shape index (κ2) is 4.58. The van der Waals surface area contributed by atoms with Crippen molar-refractivity contribution in [1.82, 2.24) is 0 Å². The van der Waals surface area contributed by atoms with E-state index in [9.17, 15) is 0 Å². The van der Waals surface area contributed by atoms with Gasteiger partial charge in [-0.15, -0.1) is 17.7 Å². The maximum atomic E-state index is 5.65. The molecule has 0 spiro atoms. The van der Waals surface area contributed by atoms with Gasteiger partial charge in [-0.2, -0.15) is 0 Å². The maximum absolute atomic E-state index is 5.65. The maximum Gasteiger partial charge on any atom is 0.267 e. The third kappa shape index (κ3) is 4.27. The molecule has 0 N–H and O–H groups in total. The van der Waals surface area contributed by atoms with Crippen molar-refractivity contribution in [3.63, 3.8) is 0 Å². The lowest BCUT2D eigenvalue weighted by molar-refractivity contribution is 0.657. The number of allylic oxidation sites excluding steroid dienone is 1. The summed E-state index contributed by atoms with van der Waals surface area (Å²) in [5.41, 5.74) is 0. The molecule has 1 nitrogen and oxygen atoms in total. The first-order valence-corrected chi connectivity index (χ1v) is 5.94. The zero-order chi connectivity index (χ0) is 5.70. The highest BCUT2D eigenvalue weighted by Crippen LogP contribution is 1.96. The van der Waals surface area contributed by atoms with Gasteiger partial charge in [0.15, 0.2) is 0 Å². The topological polar surface area (TPSA) is 9.23 Å². The van der Waals surface area contributed by atoms with Gasteiger partial charge in [0.1, 0.15) is 10.5 Å². The van der Waals surface area contributed by atoms with Crippen LogP contribution >= 0.6 is 11.1 Å². The highest BCUT2D eigenvalue weighted by molar-refractivity contribution is 7.04. The quantitative estimate of drug-likeness (QED) is 0.313. The Labute approximate surface area is 53.3 Å². The molecule has 0 saturated heterocycles. The largest absolute Gasteiger partial charge is 0.455 e. The molecular formula is C3H9ClOSi2. The van der Waals surface area contributed by atoms with Gasteiger partial charge in [-0.05, 0) is 6.04 Å². The molecular weight excluding hydrogens is 144 g/mol. The SMILES string of the molecule is C=CC[SiH](Cl)O[SiH3].